The molecule has 0 rings (SSSR count). The zero-order valence-electron chi connectivity index (χ0n) is 8.57. The predicted octanol–water partition coefficient (Wildman–Crippen LogP) is 0.344. The molecule has 0 aliphatic rings. The van der Waals surface area contributed by atoms with Crippen LogP contribution in [0.2, 0.25) is 0 Å². The van der Waals surface area contributed by atoms with Gasteiger partial charge in [0.1, 0.15) is 5.70 Å². The largest absolute Gasteiger partial charge is 0.463 e. The Balaban J connectivity index is 4.12. The summed E-state index contributed by atoms with van der Waals surface area (Å²) < 4.78 is 9.35. The van der Waals surface area contributed by atoms with Crippen LogP contribution in [-0.2, 0) is 19.1 Å². The van der Waals surface area contributed by atoms with Crippen molar-refractivity contribution >= 4 is 11.9 Å². The van der Waals surface area contributed by atoms with Gasteiger partial charge in [-0.2, -0.15) is 0 Å². The van der Waals surface area contributed by atoms with Crippen molar-refractivity contribution in [2.75, 3.05) is 6.61 Å². The van der Waals surface area contributed by atoms with E-state index in [1.807, 2.05) is 0 Å². The van der Waals surface area contributed by atoms with Crippen LogP contribution in [0.5, 0.6) is 0 Å². The molecule has 0 aromatic carbocycles. The fraction of sp³-hybridized carbons (Fsp3) is 0.556. The number of rotatable bonds is 4. The van der Waals surface area contributed by atoms with Gasteiger partial charge in [0.25, 0.3) is 0 Å². The molecule has 0 fully saturated rings. The van der Waals surface area contributed by atoms with E-state index in [1.54, 1.807) is 13.8 Å². The fourth-order valence-corrected chi connectivity index (χ4v) is 0.654. The Labute approximate surface area is 82.9 Å². The maximum Gasteiger partial charge on any atom is 0.354 e. The van der Waals surface area contributed by atoms with Crippen molar-refractivity contribution in [2.24, 2.45) is 5.73 Å². The summed E-state index contributed by atoms with van der Waals surface area (Å²) in [5, 5.41) is 0. The molecule has 0 saturated carbocycles. The van der Waals surface area contributed by atoms with E-state index in [-0.39, 0.29) is 12.3 Å². The predicted molar refractivity (Wildman–Crippen MR) is 50.1 cm³/mol. The van der Waals surface area contributed by atoms with Gasteiger partial charge in [-0.15, -0.1) is 0 Å². The summed E-state index contributed by atoms with van der Waals surface area (Å²) in [7, 11) is 0. The lowest BCUT2D eigenvalue weighted by molar-refractivity contribution is -0.164. The Bertz CT molecular complexity index is 247. The summed E-state index contributed by atoms with van der Waals surface area (Å²) in [5.41, 5.74) is 5.25. The van der Waals surface area contributed by atoms with E-state index in [0.29, 0.717) is 0 Å². The molecule has 0 aromatic heterocycles. The van der Waals surface area contributed by atoms with Crippen LogP contribution in [0.15, 0.2) is 11.8 Å². The molecule has 0 aromatic rings. The molecule has 14 heavy (non-hydrogen) atoms. The second-order valence-corrected chi connectivity index (χ2v) is 2.54. The van der Waals surface area contributed by atoms with Crippen molar-refractivity contribution in [1.29, 1.82) is 0 Å². The van der Waals surface area contributed by atoms with E-state index in [2.05, 4.69) is 4.74 Å². The average Bonchev–Trinajstić information content (AvgIpc) is 2.16. The van der Waals surface area contributed by atoms with Crippen LogP contribution in [-0.4, -0.2) is 24.6 Å². The van der Waals surface area contributed by atoms with Gasteiger partial charge in [-0.1, -0.05) is 6.08 Å². The summed E-state index contributed by atoms with van der Waals surface area (Å²) in [5.74, 6) is -1.29. The Morgan fingerprint density at radius 2 is 2.07 bits per heavy atom. The molecule has 0 aliphatic heterocycles. The van der Waals surface area contributed by atoms with Crippen LogP contribution >= 0.6 is 0 Å². The number of hydrogen-bond donors (Lipinski definition) is 1. The van der Waals surface area contributed by atoms with Crippen LogP contribution in [0.3, 0.4) is 0 Å². The van der Waals surface area contributed by atoms with Gasteiger partial charge in [-0.25, -0.2) is 9.59 Å². The van der Waals surface area contributed by atoms with Gasteiger partial charge in [0, 0.05) is 0 Å². The zero-order valence-corrected chi connectivity index (χ0v) is 8.57. The quantitative estimate of drug-likeness (QED) is 0.524. The van der Waals surface area contributed by atoms with Gasteiger partial charge in [0.15, 0.2) is 6.10 Å². The Kier molecular flexibility index (Phi) is 5.36. The molecule has 0 amide bonds. The molecule has 0 bridgehead atoms. The number of esters is 2. The van der Waals surface area contributed by atoms with Gasteiger partial charge < -0.3 is 15.2 Å². The third-order valence-electron chi connectivity index (χ3n) is 1.45. The van der Waals surface area contributed by atoms with Gasteiger partial charge in [0.2, 0.25) is 0 Å². The first kappa shape index (κ1) is 12.5. The molecule has 5 heteroatoms. The van der Waals surface area contributed by atoms with Crippen molar-refractivity contribution in [3.8, 4) is 0 Å². The lowest BCUT2D eigenvalue weighted by Crippen LogP contribution is -2.28. The van der Waals surface area contributed by atoms with Crippen LogP contribution in [0.4, 0.5) is 0 Å². The minimum Gasteiger partial charge on any atom is -0.463 e. The van der Waals surface area contributed by atoms with E-state index in [9.17, 15) is 9.59 Å². The highest BCUT2D eigenvalue weighted by Gasteiger charge is 2.19. The van der Waals surface area contributed by atoms with Crippen LogP contribution < -0.4 is 5.73 Å². The number of hydrogen-bond acceptors (Lipinski definition) is 5. The number of carbonyl (C=O) groups excluding carboxylic acids is 2. The zero-order chi connectivity index (χ0) is 11.1. The average molecular weight is 201 g/mol. The van der Waals surface area contributed by atoms with E-state index >= 15 is 0 Å². The van der Waals surface area contributed by atoms with Gasteiger partial charge in [0.05, 0.1) is 6.61 Å². The SMILES string of the molecule is C/C=C(\N)C(=O)O[C@@H](C)C(=O)OCC. The molecule has 0 aliphatic carbocycles. The van der Waals surface area contributed by atoms with E-state index in [4.69, 9.17) is 10.5 Å². The highest BCUT2D eigenvalue weighted by Crippen LogP contribution is 1.98. The molecule has 0 unspecified atom stereocenters. The number of carbonyl (C=O) groups is 2. The number of nitrogens with two attached hydrogens (primary N) is 1. The minimum absolute atomic E-state index is 0.0267. The van der Waals surface area contributed by atoms with Crippen molar-refractivity contribution < 1.29 is 19.1 Å². The Hall–Kier alpha value is -1.52. The number of allylic oxidation sites excluding steroid dienone is 1. The molecule has 0 radical (unpaired) electrons. The lowest BCUT2D eigenvalue weighted by atomic mass is 10.4. The molecule has 0 spiro atoms. The smallest absolute Gasteiger partial charge is 0.354 e. The third-order valence-corrected chi connectivity index (χ3v) is 1.45. The molecular weight excluding hydrogens is 186 g/mol. The molecular formula is C9H15NO4. The molecule has 5 nitrogen and oxygen atoms in total. The molecule has 80 valence electrons. The van der Waals surface area contributed by atoms with E-state index < -0.39 is 18.0 Å². The third kappa shape index (κ3) is 3.93. The summed E-state index contributed by atoms with van der Waals surface area (Å²) in [4.78, 5) is 22.1. The summed E-state index contributed by atoms with van der Waals surface area (Å²) in [6.07, 6.45) is 0.473. The molecule has 1 atom stereocenters. The molecule has 0 saturated heterocycles. The topological polar surface area (TPSA) is 78.6 Å². The summed E-state index contributed by atoms with van der Waals surface area (Å²) in [6, 6.07) is 0. The maximum absolute atomic E-state index is 11.1. The van der Waals surface area contributed by atoms with Crippen molar-refractivity contribution in [2.45, 2.75) is 26.9 Å². The highest BCUT2D eigenvalue weighted by molar-refractivity contribution is 5.89. The number of ether oxygens (including phenoxy) is 2. The first-order valence-electron chi connectivity index (χ1n) is 4.32. The first-order chi connectivity index (χ1) is 6.52. The molecule has 0 heterocycles. The van der Waals surface area contributed by atoms with Crippen molar-refractivity contribution in [3.05, 3.63) is 11.8 Å². The second-order valence-electron chi connectivity index (χ2n) is 2.54. The monoisotopic (exact) mass is 201 g/mol. The van der Waals surface area contributed by atoms with E-state index in [1.165, 1.54) is 13.0 Å². The Morgan fingerprint density at radius 3 is 2.50 bits per heavy atom. The summed E-state index contributed by atoms with van der Waals surface area (Å²) >= 11 is 0. The highest BCUT2D eigenvalue weighted by atomic mass is 16.6. The Morgan fingerprint density at radius 1 is 1.50 bits per heavy atom. The fourth-order valence-electron chi connectivity index (χ4n) is 0.654. The van der Waals surface area contributed by atoms with Crippen molar-refractivity contribution in [3.63, 3.8) is 0 Å². The van der Waals surface area contributed by atoms with Crippen LogP contribution in [0.1, 0.15) is 20.8 Å². The van der Waals surface area contributed by atoms with E-state index in [0.717, 1.165) is 0 Å². The van der Waals surface area contributed by atoms with Crippen LogP contribution in [0, 0.1) is 0 Å². The van der Waals surface area contributed by atoms with Crippen LogP contribution in [0.25, 0.3) is 0 Å². The lowest BCUT2D eigenvalue weighted by Gasteiger charge is -2.11. The van der Waals surface area contributed by atoms with Gasteiger partial charge in [-0.3, -0.25) is 0 Å². The molecule has 2 N–H and O–H groups in total. The van der Waals surface area contributed by atoms with Gasteiger partial charge in [-0.05, 0) is 20.8 Å². The van der Waals surface area contributed by atoms with Crippen molar-refractivity contribution in [1.82, 2.24) is 0 Å². The van der Waals surface area contributed by atoms with Gasteiger partial charge >= 0.3 is 11.9 Å². The normalized spacial score (nSPS) is 13.2. The minimum atomic E-state index is -0.930. The standard InChI is InChI=1S/C9H15NO4/c1-4-7(10)9(12)14-6(3)8(11)13-5-2/h4,6H,5,10H2,1-3H3/b7-4-/t6-/m0/s1. The first-order valence-corrected chi connectivity index (χ1v) is 4.32. The second kappa shape index (κ2) is 6.01. The summed E-state index contributed by atoms with van der Waals surface area (Å²) in [6.45, 7) is 4.96. The maximum atomic E-state index is 11.1.